The fraction of sp³-hybridized carbons (Fsp3) is 0.0769. The second-order valence-corrected chi connectivity index (χ2v) is 5.68. The summed E-state index contributed by atoms with van der Waals surface area (Å²) >= 11 is 0. The van der Waals surface area contributed by atoms with Gasteiger partial charge in [0.05, 0.1) is 17.2 Å². The number of rotatable bonds is 4. The molecule has 0 saturated heterocycles. The van der Waals surface area contributed by atoms with Gasteiger partial charge in [-0.25, -0.2) is 17.2 Å². The standard InChI is InChI=1S/C13H11F2NO3S/c14-10-2-1-3-12(6-10)16-20(18,19)13-7-11(15)5-4-9(13)8-17/h1-7,16-17H,8H2. The first kappa shape index (κ1) is 14.4. The minimum atomic E-state index is -4.11. The van der Waals surface area contributed by atoms with E-state index in [0.29, 0.717) is 0 Å². The molecule has 20 heavy (non-hydrogen) atoms. The summed E-state index contributed by atoms with van der Waals surface area (Å²) in [4.78, 5) is -0.385. The molecule has 0 aromatic heterocycles. The lowest BCUT2D eigenvalue weighted by molar-refractivity contribution is 0.278. The van der Waals surface area contributed by atoms with Crippen LogP contribution in [-0.4, -0.2) is 13.5 Å². The zero-order valence-corrected chi connectivity index (χ0v) is 11.0. The quantitative estimate of drug-likeness (QED) is 0.910. The maximum Gasteiger partial charge on any atom is 0.262 e. The SMILES string of the molecule is O=S(=O)(Nc1cccc(F)c1)c1cc(F)ccc1CO. The van der Waals surface area contributed by atoms with Crippen molar-refractivity contribution in [1.82, 2.24) is 0 Å². The molecule has 0 spiro atoms. The maximum absolute atomic E-state index is 13.2. The molecule has 106 valence electrons. The van der Waals surface area contributed by atoms with E-state index in [-0.39, 0.29) is 16.1 Å². The molecule has 0 aliphatic carbocycles. The molecule has 0 bridgehead atoms. The molecule has 0 radical (unpaired) electrons. The minimum absolute atomic E-state index is 0.0122. The van der Waals surface area contributed by atoms with Gasteiger partial charge in [-0.3, -0.25) is 4.72 Å². The van der Waals surface area contributed by atoms with Gasteiger partial charge in [0.25, 0.3) is 10.0 Å². The molecule has 4 nitrogen and oxygen atoms in total. The van der Waals surface area contributed by atoms with E-state index in [1.807, 2.05) is 0 Å². The molecule has 0 amide bonds. The first-order valence-corrected chi connectivity index (χ1v) is 7.08. The van der Waals surface area contributed by atoms with Crippen LogP contribution in [0, 0.1) is 11.6 Å². The number of nitrogens with one attached hydrogen (secondary N) is 1. The predicted octanol–water partition coefficient (Wildman–Crippen LogP) is 2.26. The third-order valence-electron chi connectivity index (χ3n) is 2.57. The Hall–Kier alpha value is -1.99. The van der Waals surface area contributed by atoms with E-state index >= 15 is 0 Å². The van der Waals surface area contributed by atoms with Crippen LogP contribution in [0.25, 0.3) is 0 Å². The summed E-state index contributed by atoms with van der Waals surface area (Å²) in [5.74, 6) is -1.35. The molecule has 0 atom stereocenters. The van der Waals surface area contributed by atoms with Crippen molar-refractivity contribution in [2.24, 2.45) is 0 Å². The maximum atomic E-state index is 13.2. The number of aliphatic hydroxyl groups excluding tert-OH is 1. The van der Waals surface area contributed by atoms with Crippen LogP contribution < -0.4 is 4.72 Å². The zero-order chi connectivity index (χ0) is 14.8. The molecule has 0 aliphatic rings. The summed E-state index contributed by atoms with van der Waals surface area (Å²) in [6.07, 6.45) is 0. The Bertz CT molecular complexity index is 732. The van der Waals surface area contributed by atoms with Crippen LogP contribution in [0.5, 0.6) is 0 Å². The first-order chi connectivity index (χ1) is 9.42. The highest BCUT2D eigenvalue weighted by Gasteiger charge is 2.19. The van der Waals surface area contributed by atoms with E-state index in [4.69, 9.17) is 5.11 Å². The van der Waals surface area contributed by atoms with Crippen molar-refractivity contribution in [3.8, 4) is 0 Å². The fourth-order valence-corrected chi connectivity index (χ4v) is 2.96. The topological polar surface area (TPSA) is 66.4 Å². The largest absolute Gasteiger partial charge is 0.392 e. The number of hydrogen-bond donors (Lipinski definition) is 2. The number of aliphatic hydroxyl groups is 1. The van der Waals surface area contributed by atoms with Gasteiger partial charge in [-0.15, -0.1) is 0 Å². The lowest BCUT2D eigenvalue weighted by Gasteiger charge is -2.11. The summed E-state index contributed by atoms with van der Waals surface area (Å²) in [7, 11) is -4.11. The molecule has 0 aliphatic heterocycles. The summed E-state index contributed by atoms with van der Waals surface area (Å²) in [5, 5.41) is 9.11. The van der Waals surface area contributed by atoms with Gasteiger partial charge in [-0.2, -0.15) is 0 Å². The van der Waals surface area contributed by atoms with Gasteiger partial charge in [0.1, 0.15) is 11.6 Å². The highest BCUT2D eigenvalue weighted by Crippen LogP contribution is 2.21. The number of anilines is 1. The van der Waals surface area contributed by atoms with E-state index in [0.717, 1.165) is 18.2 Å². The second kappa shape index (κ2) is 5.56. The van der Waals surface area contributed by atoms with Crippen LogP contribution in [-0.2, 0) is 16.6 Å². The van der Waals surface area contributed by atoms with E-state index in [1.165, 1.54) is 24.3 Å². The Balaban J connectivity index is 2.43. The molecule has 7 heteroatoms. The third kappa shape index (κ3) is 3.12. The van der Waals surface area contributed by atoms with E-state index < -0.39 is 28.3 Å². The van der Waals surface area contributed by atoms with Gasteiger partial charge >= 0.3 is 0 Å². The van der Waals surface area contributed by atoms with Crippen molar-refractivity contribution in [1.29, 1.82) is 0 Å². The molecule has 2 N–H and O–H groups in total. The first-order valence-electron chi connectivity index (χ1n) is 5.60. The van der Waals surface area contributed by atoms with Crippen molar-refractivity contribution in [3.63, 3.8) is 0 Å². The summed E-state index contributed by atoms with van der Waals surface area (Å²) in [6, 6.07) is 7.88. The smallest absolute Gasteiger partial charge is 0.262 e. The normalized spacial score (nSPS) is 11.3. The van der Waals surface area contributed by atoms with E-state index in [9.17, 15) is 17.2 Å². The van der Waals surface area contributed by atoms with Crippen molar-refractivity contribution in [2.75, 3.05) is 4.72 Å². The lowest BCUT2D eigenvalue weighted by Crippen LogP contribution is -2.15. The van der Waals surface area contributed by atoms with Crippen LogP contribution in [0.1, 0.15) is 5.56 Å². The Kier molecular flexibility index (Phi) is 4.01. The second-order valence-electron chi connectivity index (χ2n) is 4.03. The molecule has 2 aromatic carbocycles. The van der Waals surface area contributed by atoms with E-state index in [2.05, 4.69) is 4.72 Å². The van der Waals surface area contributed by atoms with Crippen molar-refractivity contribution < 1.29 is 22.3 Å². The van der Waals surface area contributed by atoms with Gasteiger partial charge in [-0.1, -0.05) is 12.1 Å². The summed E-state index contributed by atoms with van der Waals surface area (Å²) in [5.41, 5.74) is 0.0634. The Morgan fingerprint density at radius 3 is 2.40 bits per heavy atom. The molecule has 0 unspecified atom stereocenters. The van der Waals surface area contributed by atoms with Crippen LogP contribution in [0.3, 0.4) is 0 Å². The van der Waals surface area contributed by atoms with Crippen LogP contribution in [0.4, 0.5) is 14.5 Å². The van der Waals surface area contributed by atoms with Gasteiger partial charge in [0.2, 0.25) is 0 Å². The van der Waals surface area contributed by atoms with Crippen LogP contribution in [0.2, 0.25) is 0 Å². The zero-order valence-electron chi connectivity index (χ0n) is 10.2. The number of hydrogen-bond acceptors (Lipinski definition) is 3. The predicted molar refractivity (Wildman–Crippen MR) is 69.5 cm³/mol. The highest BCUT2D eigenvalue weighted by molar-refractivity contribution is 7.92. The Morgan fingerprint density at radius 2 is 1.75 bits per heavy atom. The molecule has 2 rings (SSSR count). The monoisotopic (exact) mass is 299 g/mol. The Morgan fingerprint density at radius 1 is 1.05 bits per heavy atom. The van der Waals surface area contributed by atoms with E-state index in [1.54, 1.807) is 0 Å². The molecular formula is C13H11F2NO3S. The average molecular weight is 299 g/mol. The third-order valence-corrected chi connectivity index (χ3v) is 4.03. The number of halogens is 2. The Labute approximate surface area is 114 Å². The van der Waals surface area contributed by atoms with Crippen molar-refractivity contribution in [3.05, 3.63) is 59.7 Å². The number of benzene rings is 2. The molecule has 0 saturated carbocycles. The minimum Gasteiger partial charge on any atom is -0.392 e. The van der Waals surface area contributed by atoms with Gasteiger partial charge in [0.15, 0.2) is 0 Å². The fourth-order valence-electron chi connectivity index (χ4n) is 1.67. The molecular weight excluding hydrogens is 288 g/mol. The van der Waals surface area contributed by atoms with Crippen LogP contribution in [0.15, 0.2) is 47.4 Å². The van der Waals surface area contributed by atoms with Crippen molar-refractivity contribution >= 4 is 15.7 Å². The highest BCUT2D eigenvalue weighted by atomic mass is 32.2. The van der Waals surface area contributed by atoms with Crippen LogP contribution >= 0.6 is 0 Å². The average Bonchev–Trinajstić information content (AvgIpc) is 2.38. The van der Waals surface area contributed by atoms with Crippen molar-refractivity contribution in [2.45, 2.75) is 11.5 Å². The van der Waals surface area contributed by atoms with Gasteiger partial charge < -0.3 is 5.11 Å². The summed E-state index contributed by atoms with van der Waals surface area (Å²) in [6.45, 7) is -0.556. The number of sulfonamides is 1. The molecule has 0 fully saturated rings. The van der Waals surface area contributed by atoms with Gasteiger partial charge in [-0.05, 0) is 35.9 Å². The van der Waals surface area contributed by atoms with Gasteiger partial charge in [0, 0.05) is 0 Å². The summed E-state index contributed by atoms with van der Waals surface area (Å²) < 4.78 is 52.6. The lowest BCUT2D eigenvalue weighted by atomic mass is 10.2. The molecule has 2 aromatic rings. The molecule has 0 heterocycles.